The van der Waals surface area contributed by atoms with Gasteiger partial charge in [0.25, 0.3) is 0 Å². The van der Waals surface area contributed by atoms with E-state index in [1.165, 1.54) is 11.8 Å². The minimum Gasteiger partial charge on any atom is -0.469 e. The molecule has 2 rings (SSSR count). The molecule has 0 bridgehead atoms. The first-order chi connectivity index (χ1) is 8.63. The maximum absolute atomic E-state index is 11.4. The predicted octanol–water partition coefficient (Wildman–Crippen LogP) is 2.54. The van der Waals surface area contributed by atoms with Gasteiger partial charge in [0.05, 0.1) is 13.0 Å². The number of fused-ring (bicyclic) bond motifs is 1. The summed E-state index contributed by atoms with van der Waals surface area (Å²) in [4.78, 5) is 17.8. The molecule has 2 aromatic rings. The second-order valence-electron chi connectivity index (χ2n) is 4.27. The SMILES string of the molecule is COC(=O)C(C)CN(C)c1nccc2sccc12. The summed E-state index contributed by atoms with van der Waals surface area (Å²) in [7, 11) is 3.36. The molecule has 4 nitrogen and oxygen atoms in total. The van der Waals surface area contributed by atoms with E-state index in [4.69, 9.17) is 4.74 Å². The summed E-state index contributed by atoms with van der Waals surface area (Å²) in [6.07, 6.45) is 1.80. The van der Waals surface area contributed by atoms with Crippen molar-refractivity contribution in [1.82, 2.24) is 4.98 Å². The molecule has 1 unspecified atom stereocenters. The fourth-order valence-electron chi connectivity index (χ4n) is 1.96. The van der Waals surface area contributed by atoms with Gasteiger partial charge in [-0.15, -0.1) is 11.3 Å². The van der Waals surface area contributed by atoms with Gasteiger partial charge >= 0.3 is 5.97 Å². The van der Waals surface area contributed by atoms with E-state index in [1.807, 2.05) is 30.3 Å². The van der Waals surface area contributed by atoms with Crippen LogP contribution in [0.2, 0.25) is 0 Å². The molecule has 0 N–H and O–H groups in total. The van der Waals surface area contributed by atoms with Crippen LogP contribution in [0.1, 0.15) is 6.92 Å². The molecule has 0 saturated heterocycles. The van der Waals surface area contributed by atoms with Crippen molar-refractivity contribution in [3.05, 3.63) is 23.7 Å². The maximum atomic E-state index is 11.4. The van der Waals surface area contributed by atoms with Gasteiger partial charge in [-0.05, 0) is 17.5 Å². The number of anilines is 1. The molecule has 0 fully saturated rings. The third kappa shape index (κ3) is 2.46. The van der Waals surface area contributed by atoms with E-state index in [9.17, 15) is 4.79 Å². The molecule has 18 heavy (non-hydrogen) atoms. The van der Waals surface area contributed by atoms with Crippen LogP contribution in [-0.2, 0) is 9.53 Å². The summed E-state index contributed by atoms with van der Waals surface area (Å²) in [5.41, 5.74) is 0. The van der Waals surface area contributed by atoms with Gasteiger partial charge in [-0.2, -0.15) is 0 Å². The molecule has 2 aromatic heterocycles. The predicted molar refractivity (Wildman–Crippen MR) is 74.1 cm³/mol. The quantitative estimate of drug-likeness (QED) is 0.796. The summed E-state index contributed by atoms with van der Waals surface area (Å²) in [5.74, 6) is 0.541. The van der Waals surface area contributed by atoms with Crippen molar-refractivity contribution >= 4 is 33.2 Å². The third-order valence-electron chi connectivity index (χ3n) is 2.87. The Morgan fingerprint density at radius 1 is 1.56 bits per heavy atom. The van der Waals surface area contributed by atoms with Crippen LogP contribution in [0.3, 0.4) is 0 Å². The number of hydrogen-bond acceptors (Lipinski definition) is 5. The molecule has 5 heteroatoms. The highest BCUT2D eigenvalue weighted by molar-refractivity contribution is 7.17. The molecule has 0 radical (unpaired) electrons. The Bertz CT molecular complexity index is 553. The van der Waals surface area contributed by atoms with E-state index >= 15 is 0 Å². The lowest BCUT2D eigenvalue weighted by Crippen LogP contribution is -2.29. The summed E-state index contributed by atoms with van der Waals surface area (Å²) in [6, 6.07) is 4.06. The van der Waals surface area contributed by atoms with E-state index in [0.29, 0.717) is 6.54 Å². The fourth-order valence-corrected chi connectivity index (χ4v) is 2.73. The molecule has 1 atom stereocenters. The molecule has 0 saturated carbocycles. The third-order valence-corrected chi connectivity index (χ3v) is 3.75. The zero-order valence-corrected chi connectivity index (χ0v) is 11.5. The Labute approximate surface area is 110 Å². The molecule has 0 spiro atoms. The van der Waals surface area contributed by atoms with Gasteiger partial charge in [0.1, 0.15) is 5.82 Å². The van der Waals surface area contributed by atoms with Crippen molar-refractivity contribution in [2.45, 2.75) is 6.92 Å². The number of rotatable bonds is 4. The standard InChI is InChI=1S/C13H16N2O2S/c1-9(13(16)17-3)8-15(2)12-10-5-7-18-11(10)4-6-14-12/h4-7,9H,8H2,1-3H3. The first kappa shape index (κ1) is 12.8. The van der Waals surface area contributed by atoms with Crippen LogP contribution in [-0.4, -0.2) is 31.7 Å². The smallest absolute Gasteiger partial charge is 0.310 e. The van der Waals surface area contributed by atoms with Crippen LogP contribution < -0.4 is 4.90 Å². The molecule has 96 valence electrons. The van der Waals surface area contributed by atoms with Crippen molar-refractivity contribution in [3.8, 4) is 0 Å². The fraction of sp³-hybridized carbons (Fsp3) is 0.385. The number of carbonyl (C=O) groups is 1. The molecule has 0 amide bonds. The Hall–Kier alpha value is -1.62. The molecule has 0 aliphatic rings. The van der Waals surface area contributed by atoms with Gasteiger partial charge in [0, 0.05) is 29.9 Å². The average Bonchev–Trinajstić information content (AvgIpc) is 2.85. The van der Waals surface area contributed by atoms with Crippen molar-refractivity contribution in [1.29, 1.82) is 0 Å². The first-order valence-corrected chi connectivity index (χ1v) is 6.62. The molecule has 0 aromatic carbocycles. The molecule has 0 aliphatic carbocycles. The van der Waals surface area contributed by atoms with E-state index in [0.717, 1.165) is 11.2 Å². The van der Waals surface area contributed by atoms with Crippen LogP contribution >= 0.6 is 11.3 Å². The zero-order chi connectivity index (χ0) is 13.1. The number of methoxy groups -OCH3 is 1. The topological polar surface area (TPSA) is 42.4 Å². The Morgan fingerprint density at radius 2 is 2.33 bits per heavy atom. The Kier molecular flexibility index (Phi) is 3.81. The average molecular weight is 264 g/mol. The lowest BCUT2D eigenvalue weighted by atomic mass is 10.1. The van der Waals surface area contributed by atoms with E-state index in [1.54, 1.807) is 17.5 Å². The number of nitrogens with zero attached hydrogens (tertiary/aromatic N) is 2. The molecule has 2 heterocycles. The van der Waals surface area contributed by atoms with Gasteiger partial charge in [-0.25, -0.2) is 4.98 Å². The largest absolute Gasteiger partial charge is 0.469 e. The minimum absolute atomic E-state index is 0.171. The van der Waals surface area contributed by atoms with Crippen molar-refractivity contribution in [2.24, 2.45) is 5.92 Å². The maximum Gasteiger partial charge on any atom is 0.310 e. The van der Waals surface area contributed by atoms with Crippen LogP contribution in [0, 0.1) is 5.92 Å². The number of thiophene rings is 1. The lowest BCUT2D eigenvalue weighted by molar-refractivity contribution is -0.144. The van der Waals surface area contributed by atoms with Crippen molar-refractivity contribution < 1.29 is 9.53 Å². The summed E-state index contributed by atoms with van der Waals surface area (Å²) in [5, 5.41) is 3.18. The number of pyridine rings is 1. The highest BCUT2D eigenvalue weighted by atomic mass is 32.1. The Balaban J connectivity index is 2.20. The van der Waals surface area contributed by atoms with Gasteiger partial charge in [0.15, 0.2) is 0 Å². The van der Waals surface area contributed by atoms with Crippen molar-refractivity contribution in [2.75, 3.05) is 25.6 Å². The van der Waals surface area contributed by atoms with Gasteiger partial charge in [-0.1, -0.05) is 6.92 Å². The second-order valence-corrected chi connectivity index (χ2v) is 5.22. The van der Waals surface area contributed by atoms with E-state index in [-0.39, 0.29) is 11.9 Å². The van der Waals surface area contributed by atoms with E-state index in [2.05, 4.69) is 11.1 Å². The second kappa shape index (κ2) is 5.35. The number of hydrogen-bond donors (Lipinski definition) is 0. The molecule has 0 aliphatic heterocycles. The highest BCUT2D eigenvalue weighted by Crippen LogP contribution is 2.28. The van der Waals surface area contributed by atoms with E-state index < -0.39 is 0 Å². The summed E-state index contributed by atoms with van der Waals surface area (Å²) in [6.45, 7) is 2.45. The summed E-state index contributed by atoms with van der Waals surface area (Å²) < 4.78 is 5.94. The molecular formula is C13H16N2O2S. The number of aromatic nitrogens is 1. The van der Waals surface area contributed by atoms with Gasteiger partial charge in [0.2, 0.25) is 0 Å². The van der Waals surface area contributed by atoms with Crippen molar-refractivity contribution in [3.63, 3.8) is 0 Å². The number of ether oxygens (including phenoxy) is 1. The highest BCUT2D eigenvalue weighted by Gasteiger charge is 2.17. The number of carbonyl (C=O) groups excluding carboxylic acids is 1. The summed E-state index contributed by atoms with van der Waals surface area (Å²) >= 11 is 1.69. The normalized spacial score (nSPS) is 12.4. The van der Waals surface area contributed by atoms with Gasteiger partial charge in [-0.3, -0.25) is 4.79 Å². The number of esters is 1. The minimum atomic E-state index is -0.195. The monoisotopic (exact) mass is 264 g/mol. The zero-order valence-electron chi connectivity index (χ0n) is 10.7. The first-order valence-electron chi connectivity index (χ1n) is 5.74. The van der Waals surface area contributed by atoms with Crippen LogP contribution in [0.15, 0.2) is 23.7 Å². The molecular weight excluding hydrogens is 248 g/mol. The van der Waals surface area contributed by atoms with Crippen LogP contribution in [0.5, 0.6) is 0 Å². The van der Waals surface area contributed by atoms with Crippen LogP contribution in [0.4, 0.5) is 5.82 Å². The lowest BCUT2D eigenvalue weighted by Gasteiger charge is -2.21. The Morgan fingerprint density at radius 3 is 3.06 bits per heavy atom. The van der Waals surface area contributed by atoms with Gasteiger partial charge < -0.3 is 9.64 Å². The van der Waals surface area contributed by atoms with Crippen LogP contribution in [0.25, 0.3) is 10.1 Å².